The molecule has 0 bridgehead atoms. The lowest BCUT2D eigenvalue weighted by Crippen LogP contribution is -2.09. The summed E-state index contributed by atoms with van der Waals surface area (Å²) in [5.74, 6) is 1.48. The number of hydrogen-bond acceptors (Lipinski definition) is 6. The Balaban J connectivity index is 0.000000941. The first-order valence-corrected chi connectivity index (χ1v) is 10.5. The molecule has 5 nitrogen and oxygen atoms in total. The first kappa shape index (κ1) is 23.2. The van der Waals surface area contributed by atoms with Crippen molar-refractivity contribution in [3.05, 3.63) is 65.2 Å². The topological polar surface area (TPSA) is 67.3 Å². The van der Waals surface area contributed by atoms with Crippen LogP contribution < -0.4 is 5.32 Å². The number of aliphatic hydroxyl groups excluding tert-OH is 1. The van der Waals surface area contributed by atoms with Gasteiger partial charge >= 0.3 is 0 Å². The average Bonchev–Trinajstić information content (AvgIpc) is 2.71. The molecule has 7 heteroatoms. The third-order valence-electron chi connectivity index (χ3n) is 3.66. The van der Waals surface area contributed by atoms with Crippen molar-refractivity contribution < 1.29 is 9.84 Å². The second-order valence-electron chi connectivity index (χ2n) is 6.07. The SMILES string of the molecule is CCO.COCCNc1cc(Sc2ccc(Cl)cc2)nc(-c2ccc(C)cc2)n1. The largest absolute Gasteiger partial charge is 0.397 e. The maximum atomic E-state index is 7.57. The quantitative estimate of drug-likeness (QED) is 0.390. The number of aliphatic hydroxyl groups is 1. The molecule has 0 atom stereocenters. The van der Waals surface area contributed by atoms with E-state index in [0.717, 1.165) is 26.3 Å². The molecule has 2 aromatic carbocycles. The summed E-state index contributed by atoms with van der Waals surface area (Å²) < 4.78 is 5.11. The fourth-order valence-electron chi connectivity index (χ4n) is 2.30. The Kier molecular flexibility index (Phi) is 9.94. The number of hydrogen-bond donors (Lipinski definition) is 2. The molecule has 0 aliphatic heterocycles. The zero-order chi connectivity index (χ0) is 21.1. The highest BCUT2D eigenvalue weighted by atomic mass is 35.5. The molecular weight excluding hydrogens is 406 g/mol. The number of nitrogens with one attached hydrogen (secondary N) is 1. The first-order valence-electron chi connectivity index (χ1n) is 9.29. The van der Waals surface area contributed by atoms with Crippen LogP contribution in [0.15, 0.2) is 64.5 Å². The number of anilines is 1. The van der Waals surface area contributed by atoms with E-state index in [4.69, 9.17) is 26.4 Å². The molecule has 0 spiro atoms. The summed E-state index contributed by atoms with van der Waals surface area (Å²) in [5, 5.41) is 12.5. The van der Waals surface area contributed by atoms with E-state index >= 15 is 0 Å². The van der Waals surface area contributed by atoms with Crippen molar-refractivity contribution >= 4 is 29.2 Å². The van der Waals surface area contributed by atoms with Crippen LogP contribution in [0.25, 0.3) is 11.4 Å². The van der Waals surface area contributed by atoms with Gasteiger partial charge in [0, 0.05) is 41.8 Å². The summed E-state index contributed by atoms with van der Waals surface area (Å²) in [6.07, 6.45) is 0. The summed E-state index contributed by atoms with van der Waals surface area (Å²) in [4.78, 5) is 10.5. The predicted molar refractivity (Wildman–Crippen MR) is 121 cm³/mol. The Bertz CT molecular complexity index is 874. The van der Waals surface area contributed by atoms with E-state index in [-0.39, 0.29) is 6.61 Å². The van der Waals surface area contributed by atoms with Gasteiger partial charge in [0.05, 0.1) is 6.61 Å². The minimum absolute atomic E-state index is 0.250. The van der Waals surface area contributed by atoms with Gasteiger partial charge in [-0.25, -0.2) is 9.97 Å². The van der Waals surface area contributed by atoms with Crippen molar-refractivity contribution in [1.82, 2.24) is 9.97 Å². The summed E-state index contributed by atoms with van der Waals surface area (Å²) in [5.41, 5.74) is 2.20. The van der Waals surface area contributed by atoms with E-state index in [2.05, 4.69) is 29.4 Å². The van der Waals surface area contributed by atoms with Gasteiger partial charge in [-0.2, -0.15) is 0 Å². The highest BCUT2D eigenvalue weighted by Gasteiger charge is 2.09. The zero-order valence-electron chi connectivity index (χ0n) is 16.9. The van der Waals surface area contributed by atoms with Gasteiger partial charge in [-0.1, -0.05) is 53.2 Å². The predicted octanol–water partition coefficient (Wildman–Crippen LogP) is 5.31. The first-order chi connectivity index (χ1) is 14.0. The van der Waals surface area contributed by atoms with Gasteiger partial charge in [0.2, 0.25) is 0 Å². The van der Waals surface area contributed by atoms with Crippen LogP contribution in [-0.2, 0) is 4.74 Å². The maximum absolute atomic E-state index is 7.57. The molecule has 0 radical (unpaired) electrons. The number of benzene rings is 2. The highest BCUT2D eigenvalue weighted by molar-refractivity contribution is 7.99. The fourth-order valence-corrected chi connectivity index (χ4v) is 3.25. The second-order valence-corrected chi connectivity index (χ2v) is 7.60. The fraction of sp³-hybridized carbons (Fsp3) is 0.273. The van der Waals surface area contributed by atoms with Crippen molar-refractivity contribution in [2.75, 3.05) is 32.2 Å². The third-order valence-corrected chi connectivity index (χ3v) is 4.84. The highest BCUT2D eigenvalue weighted by Crippen LogP contribution is 2.30. The van der Waals surface area contributed by atoms with Gasteiger partial charge in [0.1, 0.15) is 10.8 Å². The van der Waals surface area contributed by atoms with E-state index < -0.39 is 0 Å². The van der Waals surface area contributed by atoms with Crippen LogP contribution >= 0.6 is 23.4 Å². The van der Waals surface area contributed by atoms with Crippen LogP contribution in [0.4, 0.5) is 5.82 Å². The Morgan fingerprint density at radius 2 is 1.72 bits per heavy atom. The van der Waals surface area contributed by atoms with Crippen LogP contribution in [0.3, 0.4) is 0 Å². The molecule has 3 rings (SSSR count). The van der Waals surface area contributed by atoms with Crippen molar-refractivity contribution in [3.63, 3.8) is 0 Å². The molecular formula is C22H26ClN3O2S. The summed E-state index contributed by atoms with van der Waals surface area (Å²) in [7, 11) is 1.68. The normalized spacial score (nSPS) is 10.2. The number of aromatic nitrogens is 2. The summed E-state index contributed by atoms with van der Waals surface area (Å²) in [6, 6.07) is 17.9. The lowest BCUT2D eigenvalue weighted by Gasteiger charge is -2.10. The van der Waals surface area contributed by atoms with Crippen LogP contribution in [0.2, 0.25) is 5.02 Å². The van der Waals surface area contributed by atoms with Crippen LogP contribution in [0.5, 0.6) is 0 Å². The third kappa shape index (κ3) is 8.03. The van der Waals surface area contributed by atoms with Crippen LogP contribution in [0.1, 0.15) is 12.5 Å². The lowest BCUT2D eigenvalue weighted by atomic mass is 10.1. The van der Waals surface area contributed by atoms with E-state index in [9.17, 15) is 0 Å². The van der Waals surface area contributed by atoms with Crippen molar-refractivity contribution in [1.29, 1.82) is 0 Å². The van der Waals surface area contributed by atoms with Gasteiger partial charge in [0.25, 0.3) is 0 Å². The van der Waals surface area contributed by atoms with E-state index in [1.165, 1.54) is 5.56 Å². The number of aryl methyl sites for hydroxylation is 1. The monoisotopic (exact) mass is 431 g/mol. The average molecular weight is 432 g/mol. The van der Waals surface area contributed by atoms with E-state index in [0.29, 0.717) is 19.0 Å². The second kappa shape index (κ2) is 12.4. The molecule has 29 heavy (non-hydrogen) atoms. The molecule has 0 saturated heterocycles. The molecule has 0 unspecified atom stereocenters. The summed E-state index contributed by atoms with van der Waals surface area (Å²) in [6.45, 7) is 5.30. The zero-order valence-corrected chi connectivity index (χ0v) is 18.4. The van der Waals surface area contributed by atoms with Crippen molar-refractivity contribution in [3.8, 4) is 11.4 Å². The van der Waals surface area contributed by atoms with E-state index in [1.54, 1.807) is 25.8 Å². The van der Waals surface area contributed by atoms with Gasteiger partial charge in [-0.15, -0.1) is 0 Å². The molecule has 154 valence electrons. The number of rotatable bonds is 7. The van der Waals surface area contributed by atoms with Crippen LogP contribution in [0, 0.1) is 6.92 Å². The molecule has 1 heterocycles. The minimum Gasteiger partial charge on any atom is -0.397 e. The van der Waals surface area contributed by atoms with Crippen LogP contribution in [-0.4, -0.2) is 41.9 Å². The number of methoxy groups -OCH3 is 1. The Hall–Kier alpha value is -2.12. The number of ether oxygens (including phenoxy) is 1. The molecule has 1 aromatic heterocycles. The molecule has 0 aliphatic carbocycles. The Morgan fingerprint density at radius 1 is 1.07 bits per heavy atom. The number of nitrogens with zero attached hydrogens (tertiary/aromatic N) is 2. The van der Waals surface area contributed by atoms with Crippen molar-refractivity contribution in [2.24, 2.45) is 0 Å². The van der Waals surface area contributed by atoms with Gasteiger partial charge in [-0.05, 0) is 38.1 Å². The Labute approximate surface area is 181 Å². The molecule has 0 aliphatic rings. The smallest absolute Gasteiger partial charge is 0.162 e. The molecule has 2 N–H and O–H groups in total. The lowest BCUT2D eigenvalue weighted by molar-refractivity contribution is 0.210. The Morgan fingerprint density at radius 3 is 2.34 bits per heavy atom. The molecule has 0 amide bonds. The number of halogens is 1. The van der Waals surface area contributed by atoms with Gasteiger partial charge in [-0.3, -0.25) is 0 Å². The van der Waals surface area contributed by atoms with Gasteiger partial charge < -0.3 is 15.2 Å². The van der Waals surface area contributed by atoms with E-state index in [1.807, 2.05) is 42.5 Å². The molecule has 0 saturated carbocycles. The standard InChI is InChI=1S/C20H20ClN3OS.C2H6O/c1-14-3-5-15(6-4-14)20-23-18(22-11-12-25-2)13-19(24-20)26-17-9-7-16(21)8-10-17;1-2-3/h3-10,13H,11-12H2,1-2H3,(H,22,23,24);3H,2H2,1H3. The van der Waals surface area contributed by atoms with Crippen molar-refractivity contribution in [2.45, 2.75) is 23.8 Å². The maximum Gasteiger partial charge on any atom is 0.162 e. The molecule has 3 aromatic rings. The van der Waals surface area contributed by atoms with Gasteiger partial charge in [0.15, 0.2) is 5.82 Å². The summed E-state index contributed by atoms with van der Waals surface area (Å²) >= 11 is 7.55. The minimum atomic E-state index is 0.250. The molecule has 0 fully saturated rings.